The highest BCUT2D eigenvalue weighted by Crippen LogP contribution is 2.50. The molecule has 0 N–H and O–H groups in total. The Morgan fingerprint density at radius 1 is 0.824 bits per heavy atom. The fraction of sp³-hybridized carbons (Fsp3) is 0.457. The lowest BCUT2D eigenvalue weighted by molar-refractivity contribution is 0.0439. The summed E-state index contributed by atoms with van der Waals surface area (Å²) in [5.41, 5.74) is 6.26. The van der Waals surface area contributed by atoms with Gasteiger partial charge in [-0.05, 0) is 112 Å². The predicted octanol–water partition coefficient (Wildman–Crippen LogP) is 9.82. The maximum Gasteiger partial charge on any atom is 0.172 e. The van der Waals surface area contributed by atoms with Gasteiger partial charge in [-0.2, -0.15) is 0 Å². The quantitative estimate of drug-likeness (QED) is 0.115. The molecule has 4 nitrogen and oxygen atoms in total. The van der Waals surface area contributed by atoms with Crippen LogP contribution in [0.15, 0.2) is 108 Å². The van der Waals surface area contributed by atoms with Crippen molar-refractivity contribution in [1.82, 2.24) is 15.0 Å². The number of aromatic nitrogens is 1. The Balaban J connectivity index is 0.995. The molecule has 0 bridgehead atoms. The summed E-state index contributed by atoms with van der Waals surface area (Å²) in [5.74, 6) is 0.757. The summed E-state index contributed by atoms with van der Waals surface area (Å²) in [7, 11) is 2.21. The van der Waals surface area contributed by atoms with Gasteiger partial charge in [-0.15, -0.1) is 0 Å². The Morgan fingerprint density at radius 3 is 1.98 bits per heavy atom. The zero-order valence-corrected chi connectivity index (χ0v) is 32.8. The molecule has 0 radical (unpaired) electrons. The van der Waals surface area contributed by atoms with E-state index in [-0.39, 0.29) is 5.04 Å². The topological polar surface area (TPSA) is 32.5 Å². The van der Waals surface area contributed by atoms with E-state index >= 15 is 0 Å². The Hall–Kier alpha value is -3.51. The van der Waals surface area contributed by atoms with E-state index in [1.807, 2.05) is 0 Å². The van der Waals surface area contributed by atoms with E-state index in [4.69, 9.17) is 4.52 Å². The van der Waals surface area contributed by atoms with Gasteiger partial charge in [-0.3, -0.25) is 0 Å². The molecule has 0 spiro atoms. The van der Waals surface area contributed by atoms with Gasteiger partial charge < -0.3 is 14.3 Å². The predicted molar refractivity (Wildman–Crippen MR) is 218 cm³/mol. The Kier molecular flexibility index (Phi) is 10.7. The van der Waals surface area contributed by atoms with Crippen LogP contribution >= 0.6 is 0 Å². The summed E-state index contributed by atoms with van der Waals surface area (Å²) in [6.45, 7) is 12.1. The molecule has 0 amide bonds. The number of aryl methyl sites for hydroxylation is 1. The van der Waals surface area contributed by atoms with Crippen LogP contribution in [0.4, 0.5) is 0 Å². The maximum absolute atomic E-state index is 6.12. The van der Waals surface area contributed by atoms with E-state index < -0.39 is 8.07 Å². The van der Waals surface area contributed by atoms with Crippen LogP contribution in [0.25, 0.3) is 22.1 Å². The van der Waals surface area contributed by atoms with Gasteiger partial charge in [0.25, 0.3) is 0 Å². The van der Waals surface area contributed by atoms with Crippen molar-refractivity contribution in [1.29, 1.82) is 0 Å². The summed E-state index contributed by atoms with van der Waals surface area (Å²) < 4.78 is 6.12. The number of fused-ring (bicyclic) bond motifs is 1. The van der Waals surface area contributed by atoms with Gasteiger partial charge in [0.1, 0.15) is 8.07 Å². The molecule has 7 rings (SSSR count). The molecular weight excluding hydrogens is 639 g/mol. The number of nitrogens with zero attached hydrogens (tertiary/aromatic N) is 3. The molecule has 2 fully saturated rings. The van der Waals surface area contributed by atoms with Crippen molar-refractivity contribution in [2.24, 2.45) is 11.3 Å². The van der Waals surface area contributed by atoms with Crippen molar-refractivity contribution in [2.75, 3.05) is 33.7 Å². The normalized spacial score (nSPS) is 17.2. The second kappa shape index (κ2) is 15.2. The minimum absolute atomic E-state index is 0.228. The number of hydrogen-bond donors (Lipinski definition) is 0. The van der Waals surface area contributed by atoms with E-state index in [1.54, 1.807) is 10.4 Å². The molecule has 2 aliphatic rings. The fourth-order valence-corrected chi connectivity index (χ4v) is 15.5. The Bertz CT molecular complexity index is 1810. The van der Waals surface area contributed by atoms with Gasteiger partial charge in [-0.25, -0.2) is 0 Å². The Morgan fingerprint density at radius 2 is 1.43 bits per heavy atom. The standard InChI is InChI=1S/C46H59N3OSi/c1-45(2,3)51(38-18-11-7-12-19-38,39-20-13-8-14-21-39)33-30-46(28-15-29-46)35-49-31-26-36(27-32-49)22-25-43-41-24-23-40(37-16-9-6-10-17-37)42(34-48(4)5)44(41)50-47-43/h6-14,16-21,23-24,36H,15,22,25-35H2,1-5H3. The SMILES string of the molecule is CN(C)Cc1c(-c2ccccc2)ccc2c(CCC3CCN(CC4(CC[Si](c5ccccc5)(c5ccccc5)C(C)(C)C)CCC4)CC3)noc12. The fourth-order valence-electron chi connectivity index (χ4n) is 9.66. The highest BCUT2D eigenvalue weighted by Gasteiger charge is 2.49. The molecule has 4 aromatic carbocycles. The van der Waals surface area contributed by atoms with Crippen molar-refractivity contribution in [3.8, 4) is 11.1 Å². The van der Waals surface area contributed by atoms with E-state index in [1.165, 1.54) is 92.7 Å². The van der Waals surface area contributed by atoms with Crippen molar-refractivity contribution in [3.63, 3.8) is 0 Å². The van der Waals surface area contributed by atoms with E-state index in [2.05, 4.69) is 153 Å². The summed E-state index contributed by atoms with van der Waals surface area (Å²) >= 11 is 0. The summed E-state index contributed by atoms with van der Waals surface area (Å²) in [6, 6.07) is 39.7. The van der Waals surface area contributed by atoms with Gasteiger partial charge in [-0.1, -0.05) is 140 Å². The minimum atomic E-state index is -2.04. The highest BCUT2D eigenvalue weighted by molar-refractivity contribution is 7.04. The van der Waals surface area contributed by atoms with Crippen LogP contribution in [-0.2, 0) is 13.0 Å². The molecular formula is C46H59N3OSi. The molecule has 0 unspecified atom stereocenters. The third kappa shape index (κ3) is 7.54. The molecule has 1 aliphatic heterocycles. The van der Waals surface area contributed by atoms with Crippen LogP contribution in [0.3, 0.4) is 0 Å². The van der Waals surface area contributed by atoms with Crippen LogP contribution in [0.5, 0.6) is 0 Å². The van der Waals surface area contributed by atoms with Gasteiger partial charge in [0.15, 0.2) is 5.58 Å². The zero-order chi connectivity index (χ0) is 35.5. The lowest BCUT2D eigenvalue weighted by atomic mass is 9.66. The summed E-state index contributed by atoms with van der Waals surface area (Å²) in [4.78, 5) is 5.06. The first-order valence-electron chi connectivity index (χ1n) is 19.6. The lowest BCUT2D eigenvalue weighted by Gasteiger charge is -2.51. The molecule has 1 saturated carbocycles. The van der Waals surface area contributed by atoms with Crippen LogP contribution in [0.2, 0.25) is 11.1 Å². The van der Waals surface area contributed by atoms with Crippen molar-refractivity contribution < 1.29 is 4.52 Å². The van der Waals surface area contributed by atoms with Gasteiger partial charge in [0.05, 0.1) is 5.69 Å². The average molecular weight is 698 g/mol. The number of piperidine rings is 1. The first-order chi connectivity index (χ1) is 24.7. The summed E-state index contributed by atoms with van der Waals surface area (Å²) in [6.07, 6.45) is 10.3. The smallest absolute Gasteiger partial charge is 0.172 e. The number of hydrogen-bond acceptors (Lipinski definition) is 4. The second-order valence-electron chi connectivity index (χ2n) is 17.2. The van der Waals surface area contributed by atoms with E-state index in [0.29, 0.717) is 5.41 Å². The summed E-state index contributed by atoms with van der Waals surface area (Å²) in [5, 5.41) is 9.29. The number of rotatable bonds is 13. The third-order valence-corrected chi connectivity index (χ3v) is 18.9. The van der Waals surface area contributed by atoms with Crippen LogP contribution < -0.4 is 10.4 Å². The molecule has 2 heterocycles. The van der Waals surface area contributed by atoms with Crippen molar-refractivity contribution in [3.05, 3.63) is 114 Å². The minimum Gasteiger partial charge on any atom is -0.356 e. The largest absolute Gasteiger partial charge is 0.356 e. The average Bonchev–Trinajstić information content (AvgIpc) is 3.54. The molecule has 1 aliphatic carbocycles. The lowest BCUT2D eigenvalue weighted by Crippen LogP contribution is -2.64. The molecule has 1 saturated heterocycles. The van der Waals surface area contributed by atoms with E-state index in [0.717, 1.165) is 30.2 Å². The van der Waals surface area contributed by atoms with E-state index in [9.17, 15) is 0 Å². The number of likely N-dealkylation sites (tertiary alicyclic amines) is 1. The van der Waals surface area contributed by atoms with Crippen LogP contribution in [0.1, 0.15) is 77.0 Å². The third-order valence-electron chi connectivity index (χ3n) is 12.7. The molecule has 51 heavy (non-hydrogen) atoms. The first-order valence-corrected chi connectivity index (χ1v) is 21.8. The van der Waals surface area contributed by atoms with Gasteiger partial charge in [0, 0.05) is 24.0 Å². The maximum atomic E-state index is 6.12. The molecule has 268 valence electrons. The van der Waals surface area contributed by atoms with Crippen molar-refractivity contribution >= 4 is 29.4 Å². The monoisotopic (exact) mass is 697 g/mol. The molecule has 1 aromatic heterocycles. The number of benzene rings is 4. The van der Waals surface area contributed by atoms with Crippen molar-refractivity contribution in [2.45, 2.75) is 89.8 Å². The van der Waals surface area contributed by atoms with Gasteiger partial charge >= 0.3 is 0 Å². The Labute approximate surface area is 308 Å². The van der Waals surface area contributed by atoms with Gasteiger partial charge in [0.2, 0.25) is 0 Å². The molecule has 0 atom stereocenters. The van der Waals surface area contributed by atoms with Crippen LogP contribution in [-0.4, -0.2) is 56.8 Å². The second-order valence-corrected chi connectivity index (χ2v) is 22.2. The van der Waals surface area contributed by atoms with Crippen LogP contribution in [0, 0.1) is 11.3 Å². The molecule has 5 aromatic rings. The molecule has 5 heteroatoms. The zero-order valence-electron chi connectivity index (χ0n) is 31.8. The first kappa shape index (κ1) is 35.9. The highest BCUT2D eigenvalue weighted by atomic mass is 28.3.